The van der Waals surface area contributed by atoms with Crippen molar-refractivity contribution in [2.75, 3.05) is 5.88 Å². The van der Waals surface area contributed by atoms with Gasteiger partial charge in [0.05, 0.1) is 0 Å². The first-order valence-electron chi connectivity index (χ1n) is 5.03. The molecule has 2 heteroatoms. The van der Waals surface area contributed by atoms with Crippen molar-refractivity contribution in [1.29, 1.82) is 0 Å². The Morgan fingerprint density at radius 1 is 1.08 bits per heavy atom. The Morgan fingerprint density at radius 3 is 2.00 bits per heavy atom. The van der Waals surface area contributed by atoms with E-state index in [2.05, 4.69) is 27.7 Å². The summed E-state index contributed by atoms with van der Waals surface area (Å²) in [5.41, 5.74) is 6.78. The van der Waals surface area contributed by atoms with Crippen molar-refractivity contribution in [3.63, 3.8) is 0 Å². The molecule has 0 aromatic rings. The molecule has 78 valence electrons. The van der Waals surface area contributed by atoms with Crippen molar-refractivity contribution in [2.24, 2.45) is 16.6 Å². The third kappa shape index (κ3) is 2.85. The number of nitrogens with two attached hydrogens (primary N) is 1. The summed E-state index contributed by atoms with van der Waals surface area (Å²) in [6, 6.07) is 0. The highest BCUT2D eigenvalue weighted by Crippen LogP contribution is 2.49. The number of alkyl halides is 1. The fraction of sp³-hybridized carbons (Fsp3) is 1.00. The van der Waals surface area contributed by atoms with Crippen LogP contribution in [0.25, 0.3) is 0 Å². The van der Waals surface area contributed by atoms with Gasteiger partial charge in [-0.15, -0.1) is 11.6 Å². The quantitative estimate of drug-likeness (QED) is 0.651. The van der Waals surface area contributed by atoms with E-state index in [0.29, 0.717) is 5.41 Å². The maximum atomic E-state index is 6.25. The van der Waals surface area contributed by atoms with E-state index in [9.17, 15) is 0 Å². The van der Waals surface area contributed by atoms with Crippen molar-refractivity contribution in [1.82, 2.24) is 0 Å². The summed E-state index contributed by atoms with van der Waals surface area (Å²) in [6.45, 7) is 8.99. The molecule has 1 fully saturated rings. The van der Waals surface area contributed by atoms with Gasteiger partial charge in [0.2, 0.25) is 0 Å². The minimum Gasteiger partial charge on any atom is -0.325 e. The van der Waals surface area contributed by atoms with Crippen LogP contribution >= 0.6 is 11.6 Å². The summed E-state index contributed by atoms with van der Waals surface area (Å²) < 4.78 is 0. The van der Waals surface area contributed by atoms with E-state index in [1.165, 1.54) is 6.42 Å². The third-order valence-electron chi connectivity index (χ3n) is 2.94. The van der Waals surface area contributed by atoms with Crippen LogP contribution in [0.15, 0.2) is 0 Å². The Bertz CT molecular complexity index is 180. The summed E-state index contributed by atoms with van der Waals surface area (Å²) in [6.07, 6.45) is 3.34. The molecule has 0 aliphatic heterocycles. The Kier molecular flexibility index (Phi) is 2.73. The predicted octanol–water partition coefficient (Wildman–Crippen LogP) is 3.16. The van der Waals surface area contributed by atoms with E-state index in [1.807, 2.05) is 0 Å². The Morgan fingerprint density at radius 2 is 1.62 bits per heavy atom. The molecule has 0 heterocycles. The van der Waals surface area contributed by atoms with Gasteiger partial charge in [-0.3, -0.25) is 0 Å². The second-order valence-corrected chi connectivity index (χ2v) is 6.56. The van der Waals surface area contributed by atoms with Gasteiger partial charge >= 0.3 is 0 Å². The first-order valence-corrected chi connectivity index (χ1v) is 5.57. The van der Waals surface area contributed by atoms with Crippen LogP contribution < -0.4 is 5.73 Å². The van der Waals surface area contributed by atoms with Crippen LogP contribution in [0, 0.1) is 10.8 Å². The average Bonchev–Trinajstić information content (AvgIpc) is 1.79. The molecular formula is C11H22ClN. The van der Waals surface area contributed by atoms with Crippen LogP contribution in [0.2, 0.25) is 0 Å². The molecule has 2 atom stereocenters. The van der Waals surface area contributed by atoms with Crippen LogP contribution in [-0.2, 0) is 0 Å². The molecule has 13 heavy (non-hydrogen) atoms. The molecule has 0 aromatic carbocycles. The van der Waals surface area contributed by atoms with Crippen LogP contribution in [0.4, 0.5) is 0 Å². The lowest BCUT2D eigenvalue weighted by Crippen LogP contribution is -2.51. The molecule has 0 amide bonds. The van der Waals surface area contributed by atoms with E-state index < -0.39 is 0 Å². The van der Waals surface area contributed by atoms with Crippen molar-refractivity contribution < 1.29 is 0 Å². The largest absolute Gasteiger partial charge is 0.325 e. The molecule has 1 aliphatic rings. The number of hydrogen-bond acceptors (Lipinski definition) is 1. The Balaban J connectivity index is 2.84. The average molecular weight is 204 g/mol. The smallest absolute Gasteiger partial charge is 0.0278 e. The second kappa shape index (κ2) is 3.13. The van der Waals surface area contributed by atoms with Gasteiger partial charge in [-0.25, -0.2) is 0 Å². The van der Waals surface area contributed by atoms with E-state index >= 15 is 0 Å². The predicted molar refractivity (Wildman–Crippen MR) is 59.1 cm³/mol. The zero-order valence-corrected chi connectivity index (χ0v) is 10.0. The molecule has 0 bridgehead atoms. The molecule has 1 aliphatic carbocycles. The van der Waals surface area contributed by atoms with Gasteiger partial charge in [-0.2, -0.15) is 0 Å². The Labute approximate surface area is 87.0 Å². The summed E-state index contributed by atoms with van der Waals surface area (Å²) in [4.78, 5) is 0. The molecular weight excluding hydrogens is 182 g/mol. The van der Waals surface area contributed by atoms with Crippen LogP contribution in [0.1, 0.15) is 47.0 Å². The first-order chi connectivity index (χ1) is 5.68. The van der Waals surface area contributed by atoms with Crippen molar-refractivity contribution in [2.45, 2.75) is 52.5 Å². The third-order valence-corrected chi connectivity index (χ3v) is 3.59. The summed E-state index contributed by atoms with van der Waals surface area (Å²) in [5, 5.41) is 0. The number of hydrogen-bond donors (Lipinski definition) is 1. The SMILES string of the molecule is CC1(C)CC(C)(N)CC(C)(CCl)C1. The molecule has 0 spiro atoms. The fourth-order valence-electron chi connectivity index (χ4n) is 3.51. The molecule has 1 saturated carbocycles. The zero-order chi connectivity index (χ0) is 10.3. The van der Waals surface area contributed by atoms with Gasteiger partial charge in [-0.05, 0) is 37.0 Å². The highest BCUT2D eigenvalue weighted by atomic mass is 35.5. The molecule has 0 radical (unpaired) electrons. The normalized spacial score (nSPS) is 44.8. The molecule has 0 saturated heterocycles. The Hall–Kier alpha value is 0.250. The van der Waals surface area contributed by atoms with Crippen LogP contribution in [-0.4, -0.2) is 11.4 Å². The monoisotopic (exact) mass is 203 g/mol. The van der Waals surface area contributed by atoms with Crippen molar-refractivity contribution >= 4 is 11.6 Å². The van der Waals surface area contributed by atoms with Crippen LogP contribution in [0.5, 0.6) is 0 Å². The standard InChI is InChI=1S/C11H22ClN/c1-9(2)5-10(3,8-12)7-11(4,13)6-9/h5-8,13H2,1-4H3. The van der Waals surface area contributed by atoms with Gasteiger partial charge in [0, 0.05) is 11.4 Å². The van der Waals surface area contributed by atoms with Gasteiger partial charge in [0.15, 0.2) is 0 Å². The summed E-state index contributed by atoms with van der Waals surface area (Å²) >= 11 is 6.02. The van der Waals surface area contributed by atoms with E-state index in [0.717, 1.165) is 18.7 Å². The highest BCUT2D eigenvalue weighted by Gasteiger charge is 2.44. The number of rotatable bonds is 1. The topological polar surface area (TPSA) is 26.0 Å². The molecule has 1 rings (SSSR count). The molecule has 2 N–H and O–H groups in total. The summed E-state index contributed by atoms with van der Waals surface area (Å²) in [7, 11) is 0. The van der Waals surface area contributed by atoms with E-state index in [-0.39, 0.29) is 11.0 Å². The van der Waals surface area contributed by atoms with Gasteiger partial charge in [-0.1, -0.05) is 20.8 Å². The first kappa shape index (κ1) is 11.3. The second-order valence-electron chi connectivity index (χ2n) is 6.29. The minimum atomic E-state index is -0.0363. The lowest BCUT2D eigenvalue weighted by molar-refractivity contribution is 0.0597. The van der Waals surface area contributed by atoms with Crippen molar-refractivity contribution in [3.05, 3.63) is 0 Å². The molecule has 2 unspecified atom stereocenters. The van der Waals surface area contributed by atoms with E-state index in [4.69, 9.17) is 17.3 Å². The summed E-state index contributed by atoms with van der Waals surface area (Å²) in [5.74, 6) is 0.725. The zero-order valence-electron chi connectivity index (χ0n) is 9.28. The van der Waals surface area contributed by atoms with Crippen molar-refractivity contribution in [3.8, 4) is 0 Å². The molecule has 1 nitrogen and oxygen atoms in total. The fourth-order valence-corrected chi connectivity index (χ4v) is 3.69. The highest BCUT2D eigenvalue weighted by molar-refractivity contribution is 6.18. The number of halogens is 1. The minimum absolute atomic E-state index is 0.0363. The lowest BCUT2D eigenvalue weighted by atomic mass is 9.59. The van der Waals surface area contributed by atoms with Crippen LogP contribution in [0.3, 0.4) is 0 Å². The maximum Gasteiger partial charge on any atom is 0.0278 e. The molecule has 0 aromatic heterocycles. The van der Waals surface area contributed by atoms with Gasteiger partial charge in [0.25, 0.3) is 0 Å². The lowest BCUT2D eigenvalue weighted by Gasteiger charge is -2.49. The maximum absolute atomic E-state index is 6.25. The van der Waals surface area contributed by atoms with Gasteiger partial charge in [0.1, 0.15) is 0 Å². The van der Waals surface area contributed by atoms with Gasteiger partial charge < -0.3 is 5.73 Å². The van der Waals surface area contributed by atoms with E-state index in [1.54, 1.807) is 0 Å².